The Morgan fingerprint density at radius 1 is 0.345 bits per heavy atom. The van der Waals surface area contributed by atoms with Gasteiger partial charge in [-0.2, -0.15) is 0 Å². The number of fused-ring (bicyclic) bond motifs is 2. The fourth-order valence-corrected chi connectivity index (χ4v) is 16.0. The first-order valence-corrected chi connectivity index (χ1v) is 31.5. The number of carboxylic acids is 1. The van der Waals surface area contributed by atoms with Gasteiger partial charge >= 0.3 is 5.97 Å². The Balaban J connectivity index is 1.30. The number of hydrogen-bond donors (Lipinski definition) is 1. The zero-order chi connectivity index (χ0) is 63.5. The molecule has 0 saturated heterocycles. The molecule has 9 aromatic carbocycles. The summed E-state index contributed by atoms with van der Waals surface area (Å²) in [6.07, 6.45) is 4.09. The van der Waals surface area contributed by atoms with E-state index in [0.717, 1.165) is 102 Å². The van der Waals surface area contributed by atoms with Crippen LogP contribution < -0.4 is 9.80 Å². The highest BCUT2D eigenvalue weighted by Gasteiger charge is 2.37. The van der Waals surface area contributed by atoms with E-state index in [1.54, 1.807) is 12.1 Å². The minimum atomic E-state index is -1.25. The molecule has 0 saturated carbocycles. The molecule has 0 bridgehead atoms. The van der Waals surface area contributed by atoms with Crippen LogP contribution in [0.2, 0.25) is 0 Å². The first-order valence-electron chi connectivity index (χ1n) is 31.5. The highest BCUT2D eigenvalue weighted by Crippen LogP contribution is 2.52. The molecule has 0 fully saturated rings. The number of nitrogens with zero attached hydrogens (tertiary/aromatic N) is 3. The molecule has 1 aliphatic heterocycles. The summed E-state index contributed by atoms with van der Waals surface area (Å²) in [7, 11) is 0. The summed E-state index contributed by atoms with van der Waals surface area (Å²) in [5, 5.41) is 17.1. The van der Waals surface area contributed by atoms with Crippen molar-refractivity contribution in [3.8, 4) is 0 Å². The summed E-state index contributed by atoms with van der Waals surface area (Å²) in [6, 6.07) is 53.6. The van der Waals surface area contributed by atoms with E-state index < -0.39 is 24.3 Å². The third kappa shape index (κ3) is 12.5. The third-order valence-corrected chi connectivity index (χ3v) is 18.1. The van der Waals surface area contributed by atoms with Crippen molar-refractivity contribution in [3.63, 3.8) is 0 Å². The van der Waals surface area contributed by atoms with Crippen molar-refractivity contribution in [2.75, 3.05) is 16.3 Å². The second-order valence-electron chi connectivity index (χ2n) is 33.1. The average molecular weight is 1160 g/mol. The van der Waals surface area contributed by atoms with Gasteiger partial charge in [0.25, 0.3) is 11.8 Å². The number of imide groups is 1. The van der Waals surface area contributed by atoms with Crippen molar-refractivity contribution >= 4 is 95.0 Å². The van der Waals surface area contributed by atoms with Gasteiger partial charge in [0, 0.05) is 50.3 Å². The molecule has 87 heavy (non-hydrogen) atoms. The lowest BCUT2D eigenvalue weighted by molar-refractivity contribution is -0.137. The van der Waals surface area contributed by atoms with Gasteiger partial charge in [-0.15, -0.1) is 0 Å². The number of aliphatic carboxylic acids is 1. The van der Waals surface area contributed by atoms with Gasteiger partial charge < -0.3 is 14.9 Å². The molecule has 9 aromatic rings. The Morgan fingerprint density at radius 2 is 0.644 bits per heavy atom. The second-order valence-corrected chi connectivity index (χ2v) is 33.1. The SMILES string of the molecule is CC(C)(C)CC(C)(C)c1ccc(N(c2ccc(C(C)(C)CC(C)(C)C)cc2)c2cc3c(N(c4ccc(C(C)(C)CC(C)(C)C)cc4)c4ccc(C(C)(C)CC(C)(C)C)cc4)ccc4c5ccc6c7c(ccc(c(c2)c34)c75)C(=O)N(CC(=O)O)C6=O)cc1. The Labute approximate surface area is 519 Å². The molecule has 0 spiro atoms. The van der Waals surface area contributed by atoms with Crippen molar-refractivity contribution in [2.24, 2.45) is 21.7 Å². The molecule has 0 unspecified atom stereocenters. The Hall–Kier alpha value is -7.51. The molecule has 2 amide bonds. The molecule has 0 aliphatic carbocycles. The van der Waals surface area contributed by atoms with E-state index in [4.69, 9.17) is 0 Å². The summed E-state index contributed by atoms with van der Waals surface area (Å²) in [4.78, 5) is 46.6. The van der Waals surface area contributed by atoms with Crippen LogP contribution in [0.5, 0.6) is 0 Å². The van der Waals surface area contributed by atoms with E-state index in [1.165, 1.54) is 22.3 Å². The van der Waals surface area contributed by atoms with Crippen LogP contribution in [0.3, 0.4) is 0 Å². The standard InChI is InChI=1S/C80H95N3O4/c1-73(2,3)46-77(13,14)50-21-29-54(30-22-50)82(55-31-23-51(24-32-55)78(15,16)47-74(4,5)6)58-43-64-61-38-40-63-70-62(71(86)81(72(63)87)45-67(84)85)39-37-60(69(61)70)59-41-42-66(65(44-58)68(59)64)83(56-33-25-52(26-34-56)79(17,18)48-75(7,8)9)57-35-27-53(28-36-57)80(19,20)49-76(10,11)12/h21-44H,45-49H2,1-20H3,(H,84,85). The van der Waals surface area contributed by atoms with Gasteiger partial charge in [0.1, 0.15) is 6.54 Å². The number of anilines is 6. The monoisotopic (exact) mass is 1160 g/mol. The van der Waals surface area contributed by atoms with Crippen molar-refractivity contribution in [3.05, 3.63) is 179 Å². The largest absolute Gasteiger partial charge is 0.480 e. The zero-order valence-electron chi connectivity index (χ0n) is 55.9. The molecular formula is C80H95N3O4. The smallest absolute Gasteiger partial charge is 0.323 e. The number of benzene rings is 9. The van der Waals surface area contributed by atoms with Crippen LogP contribution in [0, 0.1) is 21.7 Å². The lowest BCUT2D eigenvalue weighted by Crippen LogP contribution is -2.43. The minimum absolute atomic E-state index is 0.0695. The summed E-state index contributed by atoms with van der Waals surface area (Å²) >= 11 is 0. The lowest BCUT2D eigenvalue weighted by Gasteiger charge is -2.35. The van der Waals surface area contributed by atoms with Gasteiger partial charge in [-0.3, -0.25) is 19.3 Å². The number of carbonyl (C=O) groups is 3. The van der Waals surface area contributed by atoms with Gasteiger partial charge in [0.15, 0.2) is 0 Å². The average Bonchev–Trinajstić information content (AvgIpc) is 0.700. The first-order chi connectivity index (χ1) is 40.2. The molecule has 7 heteroatoms. The number of carboxylic acid groups (broad SMARTS) is 1. The number of carbonyl (C=O) groups excluding carboxylic acids is 2. The minimum Gasteiger partial charge on any atom is -0.480 e. The van der Waals surface area contributed by atoms with E-state index >= 15 is 0 Å². The van der Waals surface area contributed by atoms with E-state index in [-0.39, 0.29) is 43.3 Å². The maximum absolute atomic E-state index is 14.4. The van der Waals surface area contributed by atoms with Crippen LogP contribution in [-0.4, -0.2) is 34.3 Å². The quantitative estimate of drug-likeness (QED) is 0.0590. The second kappa shape index (κ2) is 21.7. The Kier molecular flexibility index (Phi) is 15.6. The summed E-state index contributed by atoms with van der Waals surface area (Å²) < 4.78 is 0. The normalized spacial score (nSPS) is 14.1. The fraction of sp³-hybridized carbons (Fsp3) is 0.412. The summed E-state index contributed by atoms with van der Waals surface area (Å²) in [5.41, 5.74) is 12.0. The van der Waals surface area contributed by atoms with Crippen molar-refractivity contribution in [1.82, 2.24) is 4.90 Å². The Bertz CT molecular complexity index is 3930. The first kappa shape index (κ1) is 62.5. The molecule has 1 aliphatic rings. The van der Waals surface area contributed by atoms with E-state index in [1.807, 2.05) is 12.1 Å². The number of amides is 2. The van der Waals surface area contributed by atoms with E-state index in [0.29, 0.717) is 16.5 Å². The predicted octanol–water partition coefficient (Wildman–Crippen LogP) is 22.2. The number of rotatable bonds is 16. The molecule has 0 aromatic heterocycles. The molecular weight excluding hydrogens is 1070 g/mol. The van der Waals surface area contributed by atoms with Crippen LogP contribution in [-0.2, 0) is 26.5 Å². The third-order valence-electron chi connectivity index (χ3n) is 18.1. The fourth-order valence-electron chi connectivity index (χ4n) is 16.0. The Morgan fingerprint density at radius 3 is 0.977 bits per heavy atom. The highest BCUT2D eigenvalue weighted by atomic mass is 16.4. The number of hydrogen-bond acceptors (Lipinski definition) is 5. The summed E-state index contributed by atoms with van der Waals surface area (Å²) in [6.45, 7) is 45.9. The van der Waals surface area contributed by atoms with Crippen LogP contribution in [0.15, 0.2) is 146 Å². The highest BCUT2D eigenvalue weighted by molar-refractivity contribution is 6.39. The van der Waals surface area contributed by atoms with Gasteiger partial charge in [0.2, 0.25) is 0 Å². The molecule has 0 radical (unpaired) electrons. The van der Waals surface area contributed by atoms with Crippen molar-refractivity contribution < 1.29 is 19.5 Å². The molecule has 10 rings (SSSR count). The molecule has 1 N–H and O–H groups in total. The lowest BCUT2D eigenvalue weighted by atomic mass is 9.72. The topological polar surface area (TPSA) is 81.2 Å². The molecule has 1 heterocycles. The molecule has 0 atom stereocenters. The van der Waals surface area contributed by atoms with Crippen molar-refractivity contribution in [2.45, 2.75) is 186 Å². The zero-order valence-corrected chi connectivity index (χ0v) is 55.9. The van der Waals surface area contributed by atoms with Gasteiger partial charge in [-0.25, -0.2) is 0 Å². The van der Waals surface area contributed by atoms with Gasteiger partial charge in [0.05, 0.1) is 5.69 Å². The van der Waals surface area contributed by atoms with Crippen LogP contribution >= 0.6 is 0 Å². The van der Waals surface area contributed by atoms with Gasteiger partial charge in [-0.05, 0) is 202 Å². The maximum atomic E-state index is 14.4. The molecule has 7 nitrogen and oxygen atoms in total. The molecule has 454 valence electrons. The van der Waals surface area contributed by atoms with Crippen LogP contribution in [0.1, 0.15) is 207 Å². The predicted molar refractivity (Wildman–Crippen MR) is 368 cm³/mol. The van der Waals surface area contributed by atoms with Crippen molar-refractivity contribution in [1.29, 1.82) is 0 Å². The van der Waals surface area contributed by atoms with Gasteiger partial charge in [-0.1, -0.05) is 205 Å². The van der Waals surface area contributed by atoms with E-state index in [9.17, 15) is 19.5 Å². The summed E-state index contributed by atoms with van der Waals surface area (Å²) in [5.74, 6) is -2.46. The van der Waals surface area contributed by atoms with Crippen LogP contribution in [0.25, 0.3) is 43.1 Å². The van der Waals surface area contributed by atoms with Crippen LogP contribution in [0.4, 0.5) is 34.1 Å². The maximum Gasteiger partial charge on any atom is 0.323 e. The van der Waals surface area contributed by atoms with E-state index in [2.05, 4.69) is 270 Å².